The molecular weight excluding hydrogens is 300 g/mol. The zero-order valence-corrected chi connectivity index (χ0v) is 15.7. The largest absolute Gasteiger partial charge is 0.0949 e. The fourth-order valence-electron chi connectivity index (χ4n) is 3.47. The maximum atomic E-state index is 4.34. The number of benzene rings is 2. The molecular formula is C25H28. The Labute approximate surface area is 152 Å². The Morgan fingerprint density at radius 1 is 1.00 bits per heavy atom. The second-order valence-corrected chi connectivity index (χ2v) is 7.17. The van der Waals surface area contributed by atoms with E-state index in [4.69, 9.17) is 0 Å². The molecule has 0 saturated heterocycles. The van der Waals surface area contributed by atoms with Crippen LogP contribution in [0.2, 0.25) is 0 Å². The van der Waals surface area contributed by atoms with E-state index in [1.54, 1.807) is 0 Å². The Hall–Kier alpha value is -2.34. The van der Waals surface area contributed by atoms with Crippen molar-refractivity contribution in [2.75, 3.05) is 0 Å². The van der Waals surface area contributed by atoms with Crippen LogP contribution >= 0.6 is 0 Å². The van der Waals surface area contributed by atoms with Gasteiger partial charge in [-0.05, 0) is 60.1 Å². The summed E-state index contributed by atoms with van der Waals surface area (Å²) in [6.07, 6.45) is 10.5. The summed E-state index contributed by atoms with van der Waals surface area (Å²) in [6, 6.07) is 15.6. The fraction of sp³-hybridized carbons (Fsp3) is 0.280. The maximum Gasteiger partial charge on any atom is 0.0267 e. The zero-order chi connectivity index (χ0) is 17.8. The molecule has 25 heavy (non-hydrogen) atoms. The second kappa shape index (κ2) is 7.70. The van der Waals surface area contributed by atoms with Crippen LogP contribution < -0.4 is 0 Å². The summed E-state index contributed by atoms with van der Waals surface area (Å²) in [5, 5.41) is 0. The summed E-state index contributed by atoms with van der Waals surface area (Å²) in [4.78, 5) is 0. The molecule has 0 fully saturated rings. The first-order chi connectivity index (χ1) is 12.1. The quantitative estimate of drug-likeness (QED) is 0.557. The Kier molecular flexibility index (Phi) is 5.38. The summed E-state index contributed by atoms with van der Waals surface area (Å²) in [7, 11) is 0. The minimum absolute atomic E-state index is 0.285. The molecule has 1 atom stereocenters. The molecule has 3 rings (SSSR count). The van der Waals surface area contributed by atoms with Gasteiger partial charge >= 0.3 is 0 Å². The number of hydrogen-bond donors (Lipinski definition) is 0. The van der Waals surface area contributed by atoms with Crippen LogP contribution in [-0.2, 0) is 6.42 Å². The van der Waals surface area contributed by atoms with Crippen LogP contribution in [-0.4, -0.2) is 0 Å². The van der Waals surface area contributed by atoms with Crippen molar-refractivity contribution in [3.8, 4) is 0 Å². The number of rotatable bonds is 5. The molecule has 0 radical (unpaired) electrons. The summed E-state index contributed by atoms with van der Waals surface area (Å²) < 4.78 is 0. The fourth-order valence-corrected chi connectivity index (χ4v) is 3.47. The molecule has 0 aromatic heterocycles. The minimum atomic E-state index is 0.285. The lowest BCUT2D eigenvalue weighted by Crippen LogP contribution is -2.03. The Bertz CT molecular complexity index is 816. The number of aryl methyl sites for hydroxylation is 3. The highest BCUT2D eigenvalue weighted by Crippen LogP contribution is 2.34. The highest BCUT2D eigenvalue weighted by atomic mass is 14.2. The van der Waals surface area contributed by atoms with Crippen molar-refractivity contribution < 1.29 is 0 Å². The van der Waals surface area contributed by atoms with Crippen LogP contribution in [0.25, 0.3) is 5.57 Å². The van der Waals surface area contributed by atoms with Crippen molar-refractivity contribution in [1.82, 2.24) is 0 Å². The van der Waals surface area contributed by atoms with E-state index >= 15 is 0 Å². The Balaban J connectivity index is 1.80. The number of hydrogen-bond acceptors (Lipinski definition) is 0. The monoisotopic (exact) mass is 328 g/mol. The van der Waals surface area contributed by atoms with Gasteiger partial charge < -0.3 is 0 Å². The minimum Gasteiger partial charge on any atom is -0.0949 e. The van der Waals surface area contributed by atoms with Gasteiger partial charge in [0.2, 0.25) is 0 Å². The van der Waals surface area contributed by atoms with E-state index in [1.165, 1.54) is 58.2 Å². The first-order valence-electron chi connectivity index (χ1n) is 9.33. The van der Waals surface area contributed by atoms with Gasteiger partial charge in [0.1, 0.15) is 0 Å². The summed E-state index contributed by atoms with van der Waals surface area (Å²) in [5.41, 5.74) is 9.19. The van der Waals surface area contributed by atoms with E-state index in [2.05, 4.69) is 88.0 Å². The first kappa shape index (κ1) is 17.5. The highest BCUT2D eigenvalue weighted by Gasteiger charge is 2.16. The molecule has 0 saturated carbocycles. The molecule has 0 spiro atoms. The number of allylic oxidation sites excluding steroid dienone is 5. The van der Waals surface area contributed by atoms with Crippen molar-refractivity contribution in [1.29, 1.82) is 0 Å². The molecule has 128 valence electrons. The molecule has 0 heterocycles. The molecule has 0 nitrogen and oxygen atoms in total. The Morgan fingerprint density at radius 3 is 2.40 bits per heavy atom. The molecule has 0 bridgehead atoms. The molecule has 2 aromatic carbocycles. The van der Waals surface area contributed by atoms with E-state index in [-0.39, 0.29) is 5.92 Å². The molecule has 0 N–H and O–H groups in total. The maximum absolute atomic E-state index is 4.34. The third-order valence-corrected chi connectivity index (χ3v) is 5.12. The lowest BCUT2D eigenvalue weighted by molar-refractivity contribution is 0.790. The lowest BCUT2D eigenvalue weighted by Gasteiger charge is -2.21. The van der Waals surface area contributed by atoms with Gasteiger partial charge in [-0.2, -0.15) is 0 Å². The van der Waals surface area contributed by atoms with Crippen LogP contribution in [0.15, 0.2) is 72.8 Å². The van der Waals surface area contributed by atoms with Gasteiger partial charge in [0.05, 0.1) is 0 Å². The highest BCUT2D eigenvalue weighted by molar-refractivity contribution is 5.78. The molecule has 1 aliphatic rings. The predicted molar refractivity (Wildman–Crippen MR) is 110 cm³/mol. The van der Waals surface area contributed by atoms with Crippen LogP contribution in [0.4, 0.5) is 0 Å². The van der Waals surface area contributed by atoms with Crippen molar-refractivity contribution >= 4 is 5.57 Å². The average molecular weight is 328 g/mol. The second-order valence-electron chi connectivity index (χ2n) is 7.17. The summed E-state index contributed by atoms with van der Waals surface area (Å²) in [6.45, 7) is 10.9. The normalized spacial score (nSPS) is 16.8. The molecule has 1 unspecified atom stereocenters. The SMILES string of the molecule is C=C1C=C(c2ccc(C)cc2)C=CC1c1ccc(CCCC)c(C)c1. The zero-order valence-electron chi connectivity index (χ0n) is 15.7. The summed E-state index contributed by atoms with van der Waals surface area (Å²) in [5.74, 6) is 0.285. The van der Waals surface area contributed by atoms with E-state index in [0.717, 1.165) is 0 Å². The van der Waals surface area contributed by atoms with Gasteiger partial charge in [-0.3, -0.25) is 0 Å². The topological polar surface area (TPSA) is 0 Å². The standard InChI is InChI=1S/C25H28/c1-5-6-7-21-12-13-24(16-19(21)3)25-15-14-23(17-20(25)4)22-10-8-18(2)9-11-22/h8-17,25H,4-7H2,1-3H3. The molecule has 0 heteroatoms. The smallest absolute Gasteiger partial charge is 0.0267 e. The van der Waals surface area contributed by atoms with E-state index < -0.39 is 0 Å². The van der Waals surface area contributed by atoms with Crippen LogP contribution in [0.5, 0.6) is 0 Å². The van der Waals surface area contributed by atoms with E-state index in [0.29, 0.717) is 0 Å². The van der Waals surface area contributed by atoms with Crippen molar-refractivity contribution in [3.63, 3.8) is 0 Å². The van der Waals surface area contributed by atoms with Crippen molar-refractivity contribution in [3.05, 3.63) is 101 Å². The van der Waals surface area contributed by atoms with Gasteiger partial charge in [0, 0.05) is 5.92 Å². The third kappa shape index (κ3) is 4.02. The van der Waals surface area contributed by atoms with Gasteiger partial charge in [0.25, 0.3) is 0 Å². The van der Waals surface area contributed by atoms with Crippen LogP contribution in [0.3, 0.4) is 0 Å². The molecule has 0 aliphatic heterocycles. The Morgan fingerprint density at radius 2 is 1.76 bits per heavy atom. The van der Waals surface area contributed by atoms with Crippen molar-refractivity contribution in [2.24, 2.45) is 0 Å². The lowest BCUT2D eigenvalue weighted by atomic mass is 9.84. The van der Waals surface area contributed by atoms with E-state index in [9.17, 15) is 0 Å². The van der Waals surface area contributed by atoms with Crippen LogP contribution in [0, 0.1) is 13.8 Å². The number of unbranched alkanes of at least 4 members (excludes halogenated alkanes) is 1. The molecule has 1 aliphatic carbocycles. The average Bonchev–Trinajstić information content (AvgIpc) is 2.61. The van der Waals surface area contributed by atoms with Gasteiger partial charge in [-0.1, -0.05) is 86.2 Å². The molecule has 0 amide bonds. The van der Waals surface area contributed by atoms with Gasteiger partial charge in [-0.15, -0.1) is 0 Å². The predicted octanol–water partition coefficient (Wildman–Crippen LogP) is 6.94. The third-order valence-electron chi connectivity index (χ3n) is 5.12. The molecule has 2 aromatic rings. The summed E-state index contributed by atoms with van der Waals surface area (Å²) >= 11 is 0. The van der Waals surface area contributed by atoms with Gasteiger partial charge in [0.15, 0.2) is 0 Å². The van der Waals surface area contributed by atoms with Gasteiger partial charge in [-0.25, -0.2) is 0 Å². The first-order valence-corrected chi connectivity index (χ1v) is 9.33. The van der Waals surface area contributed by atoms with Crippen LogP contribution in [0.1, 0.15) is 53.5 Å². The van der Waals surface area contributed by atoms with Crippen molar-refractivity contribution in [2.45, 2.75) is 46.0 Å². The van der Waals surface area contributed by atoms with E-state index in [1.807, 2.05) is 0 Å².